The smallest absolute Gasteiger partial charge is 0.335 e. The molecule has 0 spiro atoms. The van der Waals surface area contributed by atoms with Gasteiger partial charge in [-0.3, -0.25) is 9.44 Å². The summed E-state index contributed by atoms with van der Waals surface area (Å²) >= 11 is 0. The lowest BCUT2D eigenvalue weighted by atomic mass is 10.0. The Balaban J connectivity index is 0.000000247. The fourth-order valence-corrected chi connectivity index (χ4v) is 7.05. The van der Waals surface area contributed by atoms with E-state index in [2.05, 4.69) is 9.44 Å². The first-order chi connectivity index (χ1) is 25.6. The third-order valence-electron chi connectivity index (χ3n) is 8.28. The Kier molecular flexibility index (Phi) is 13.7. The monoisotopic (exact) mass is 772 g/mol. The van der Waals surface area contributed by atoms with Gasteiger partial charge >= 0.3 is 17.9 Å². The van der Waals surface area contributed by atoms with Gasteiger partial charge in [-0.15, -0.1) is 0 Å². The zero-order valence-corrected chi connectivity index (χ0v) is 31.1. The van der Waals surface area contributed by atoms with Crippen LogP contribution in [-0.4, -0.2) is 55.3 Å². The van der Waals surface area contributed by atoms with Crippen LogP contribution in [0.2, 0.25) is 0 Å². The summed E-state index contributed by atoms with van der Waals surface area (Å²) in [6, 6.07) is 32.5. The fourth-order valence-electron chi connectivity index (χ4n) is 5.20. The van der Waals surface area contributed by atoms with Gasteiger partial charge in [0.15, 0.2) is 0 Å². The number of hydrogen-bond acceptors (Lipinski definition) is 7. The minimum absolute atomic E-state index is 0.00191. The first kappa shape index (κ1) is 40.8. The Morgan fingerprint density at radius 3 is 1.37 bits per heavy atom. The van der Waals surface area contributed by atoms with Gasteiger partial charge in [-0.05, 0) is 122 Å². The number of carbonyl (C=O) groups is 3. The van der Waals surface area contributed by atoms with Gasteiger partial charge in [0.25, 0.3) is 10.0 Å². The number of benzene rings is 5. The maximum absolute atomic E-state index is 12.7. The Hall–Kier alpha value is -5.99. The zero-order valence-electron chi connectivity index (χ0n) is 29.5. The molecule has 0 saturated heterocycles. The summed E-state index contributed by atoms with van der Waals surface area (Å²) in [5, 5.41) is 26.6. The largest absolute Gasteiger partial charge is 0.478 e. The van der Waals surface area contributed by atoms with Gasteiger partial charge in [0, 0.05) is 0 Å². The quantitative estimate of drug-likeness (QED) is 0.0738. The highest BCUT2D eigenvalue weighted by molar-refractivity contribution is 7.93. The Labute approximate surface area is 314 Å². The van der Waals surface area contributed by atoms with Crippen molar-refractivity contribution in [2.24, 2.45) is 0 Å². The predicted octanol–water partition coefficient (Wildman–Crippen LogP) is 6.99. The van der Waals surface area contributed by atoms with Crippen molar-refractivity contribution in [3.63, 3.8) is 0 Å². The number of hydrogen-bond donors (Lipinski definition) is 5. The number of aromatic carboxylic acids is 3. The Morgan fingerprint density at radius 2 is 0.944 bits per heavy atom. The van der Waals surface area contributed by atoms with Crippen LogP contribution in [-0.2, 0) is 45.7 Å². The third-order valence-corrected chi connectivity index (χ3v) is 11.4. The van der Waals surface area contributed by atoms with Crippen molar-refractivity contribution in [1.29, 1.82) is 0 Å². The van der Waals surface area contributed by atoms with Gasteiger partial charge in [-0.25, -0.2) is 31.2 Å². The van der Waals surface area contributed by atoms with E-state index in [9.17, 15) is 31.2 Å². The molecule has 0 heterocycles. The number of rotatable bonds is 15. The second-order valence-corrected chi connectivity index (χ2v) is 16.4. The molecular formula is C40H40N2O10S2. The topological polar surface area (TPSA) is 204 Å². The van der Waals surface area contributed by atoms with Crippen LogP contribution in [0.4, 0.5) is 11.4 Å². The Bertz CT molecular complexity index is 2340. The van der Waals surface area contributed by atoms with Crippen molar-refractivity contribution in [2.45, 2.75) is 49.7 Å². The van der Waals surface area contributed by atoms with Gasteiger partial charge in [-0.2, -0.15) is 0 Å². The molecule has 54 heavy (non-hydrogen) atoms. The summed E-state index contributed by atoms with van der Waals surface area (Å²) in [4.78, 5) is 33.0. The summed E-state index contributed by atoms with van der Waals surface area (Å²) < 4.78 is 54.7. The van der Waals surface area contributed by atoms with Gasteiger partial charge in [0.1, 0.15) is 0 Å². The summed E-state index contributed by atoms with van der Waals surface area (Å²) in [5.41, 5.74) is 4.79. The number of nitrogens with one attached hydrogen (secondary N) is 2. The maximum Gasteiger partial charge on any atom is 0.335 e. The second kappa shape index (κ2) is 18.2. The van der Waals surface area contributed by atoms with Gasteiger partial charge < -0.3 is 15.3 Å². The fraction of sp³-hybridized carbons (Fsp3) is 0.175. The molecule has 0 amide bonds. The number of aryl methyl sites for hydroxylation is 4. The van der Waals surface area contributed by atoms with E-state index in [0.29, 0.717) is 37.1 Å². The summed E-state index contributed by atoms with van der Waals surface area (Å²) in [7, 11) is -7.30. The third kappa shape index (κ3) is 11.5. The van der Waals surface area contributed by atoms with E-state index in [1.165, 1.54) is 30.3 Å². The standard InChI is InChI=1S/C22H19NO6S.C18H21NO4S/c24-21(25)17-10-12-19(13-11-17)30(28,29)23-20-7-2-1-5-16(20)9-8-15-4-3-6-18(14-15)22(26)27;1-13(2)24(22,23)19-17-9-4-3-7-15(17)11-10-14-6-5-8-16(12-14)18(20)21/h1-7,10-14,23H,8-9H2,(H,24,25)(H,26,27);3-9,12-13,19H,10-11H2,1-2H3,(H,20,21). The molecule has 0 radical (unpaired) electrons. The molecule has 5 aromatic carbocycles. The van der Waals surface area contributed by atoms with Crippen molar-refractivity contribution >= 4 is 49.3 Å². The number of carboxylic acids is 3. The predicted molar refractivity (Wildman–Crippen MR) is 206 cm³/mol. The highest BCUT2D eigenvalue weighted by Crippen LogP contribution is 2.23. The number of anilines is 2. The molecule has 0 fully saturated rings. The van der Waals surface area contributed by atoms with Crippen molar-refractivity contribution in [3.8, 4) is 0 Å². The lowest BCUT2D eigenvalue weighted by Gasteiger charge is -2.14. The molecule has 0 saturated carbocycles. The summed E-state index contributed by atoms with van der Waals surface area (Å²) in [6.07, 6.45) is 2.27. The van der Waals surface area contributed by atoms with E-state index in [-0.39, 0.29) is 21.6 Å². The minimum atomic E-state index is -3.90. The lowest BCUT2D eigenvalue weighted by molar-refractivity contribution is 0.0686. The van der Waals surface area contributed by atoms with Crippen LogP contribution in [0.5, 0.6) is 0 Å². The summed E-state index contributed by atoms with van der Waals surface area (Å²) in [6.45, 7) is 3.25. The average Bonchev–Trinajstić information content (AvgIpc) is 3.14. The van der Waals surface area contributed by atoms with E-state index in [1.54, 1.807) is 80.6 Å². The van der Waals surface area contributed by atoms with E-state index in [4.69, 9.17) is 15.3 Å². The first-order valence-corrected chi connectivity index (χ1v) is 19.8. The SMILES string of the molecule is CC(C)S(=O)(=O)Nc1ccccc1CCc1cccc(C(=O)O)c1.O=C(O)c1ccc(S(=O)(=O)Nc2ccccc2CCc2cccc(C(=O)O)c2)cc1. The van der Waals surface area contributed by atoms with Gasteiger partial charge in [-0.1, -0.05) is 60.7 Å². The Morgan fingerprint density at radius 1 is 0.519 bits per heavy atom. The second-order valence-electron chi connectivity index (χ2n) is 12.5. The van der Waals surface area contributed by atoms with Crippen LogP contribution in [0.3, 0.4) is 0 Å². The molecule has 0 aromatic heterocycles. The highest BCUT2D eigenvalue weighted by atomic mass is 32.2. The zero-order chi connectivity index (χ0) is 39.5. The molecule has 0 bridgehead atoms. The van der Waals surface area contributed by atoms with Crippen molar-refractivity contribution in [2.75, 3.05) is 9.44 Å². The minimum Gasteiger partial charge on any atom is -0.478 e. The number of para-hydroxylation sites is 2. The molecule has 5 N–H and O–H groups in total. The number of carboxylic acid groups (broad SMARTS) is 3. The molecule has 282 valence electrons. The molecule has 5 rings (SSSR count). The lowest BCUT2D eigenvalue weighted by Crippen LogP contribution is -2.23. The van der Waals surface area contributed by atoms with Crippen LogP contribution >= 0.6 is 0 Å². The van der Waals surface area contributed by atoms with Gasteiger partial charge in [0.05, 0.1) is 38.2 Å². The maximum atomic E-state index is 12.7. The van der Waals surface area contributed by atoms with Crippen molar-refractivity contribution in [3.05, 3.63) is 160 Å². The van der Waals surface area contributed by atoms with Crippen LogP contribution in [0.15, 0.2) is 126 Å². The van der Waals surface area contributed by atoms with E-state index >= 15 is 0 Å². The van der Waals surface area contributed by atoms with Crippen molar-refractivity contribution < 1.29 is 46.5 Å². The normalized spacial score (nSPS) is 11.2. The molecule has 0 aliphatic carbocycles. The molecule has 0 unspecified atom stereocenters. The molecule has 0 aliphatic heterocycles. The molecule has 0 aliphatic rings. The van der Waals surface area contributed by atoms with Crippen LogP contribution in [0.25, 0.3) is 0 Å². The van der Waals surface area contributed by atoms with Gasteiger partial charge in [0.2, 0.25) is 10.0 Å². The van der Waals surface area contributed by atoms with Crippen LogP contribution in [0.1, 0.15) is 67.2 Å². The molecule has 0 atom stereocenters. The van der Waals surface area contributed by atoms with E-state index in [1.807, 2.05) is 24.3 Å². The molecule has 5 aromatic rings. The molecular weight excluding hydrogens is 733 g/mol. The first-order valence-electron chi connectivity index (χ1n) is 16.7. The van der Waals surface area contributed by atoms with E-state index < -0.39 is 43.2 Å². The van der Waals surface area contributed by atoms with Crippen molar-refractivity contribution in [1.82, 2.24) is 0 Å². The average molecular weight is 773 g/mol. The summed E-state index contributed by atoms with van der Waals surface area (Å²) in [5.74, 6) is -3.09. The van der Waals surface area contributed by atoms with Crippen LogP contribution in [0, 0.1) is 0 Å². The molecule has 14 heteroatoms. The van der Waals surface area contributed by atoms with E-state index in [0.717, 1.165) is 22.3 Å². The molecule has 12 nitrogen and oxygen atoms in total. The number of sulfonamides is 2. The highest BCUT2D eigenvalue weighted by Gasteiger charge is 2.18. The van der Waals surface area contributed by atoms with Crippen LogP contribution < -0.4 is 9.44 Å².